The zero-order valence-electron chi connectivity index (χ0n) is 12.9. The van der Waals surface area contributed by atoms with E-state index < -0.39 is 10.8 Å². The van der Waals surface area contributed by atoms with E-state index in [4.69, 9.17) is 0 Å². The molecule has 0 saturated heterocycles. The summed E-state index contributed by atoms with van der Waals surface area (Å²) >= 11 is 0. The first-order valence-corrected chi connectivity index (χ1v) is 8.78. The number of nitrogens with one attached hydrogen (secondary N) is 1. The Morgan fingerprint density at radius 2 is 2.05 bits per heavy atom. The van der Waals surface area contributed by atoms with Gasteiger partial charge in [0, 0.05) is 22.3 Å². The van der Waals surface area contributed by atoms with Gasteiger partial charge in [-0.05, 0) is 18.6 Å². The number of aryl methyl sites for hydroxylation is 1. The molecule has 5 nitrogen and oxygen atoms in total. The standard InChI is InChI=1S/C16H19N3O2S/c1-10(2)16(20)17-15-12-8-22(21)9-13(12)18-19(15)14-7-5-4-6-11(14)3/h4-7,10H,8-9H2,1-3H3,(H,17,20)/t22-/m0/s1. The first-order chi connectivity index (χ1) is 10.5. The largest absolute Gasteiger partial charge is 0.310 e. The maximum atomic E-state index is 12.1. The Balaban J connectivity index is 2.11. The Labute approximate surface area is 132 Å². The van der Waals surface area contributed by atoms with Gasteiger partial charge in [0.2, 0.25) is 5.91 Å². The highest BCUT2D eigenvalue weighted by Crippen LogP contribution is 2.32. The predicted molar refractivity (Wildman–Crippen MR) is 87.3 cm³/mol. The Hall–Kier alpha value is -1.95. The molecule has 116 valence electrons. The van der Waals surface area contributed by atoms with Crippen molar-refractivity contribution in [1.29, 1.82) is 0 Å². The molecule has 0 aliphatic carbocycles. The van der Waals surface area contributed by atoms with Crippen LogP contribution in [-0.2, 0) is 27.1 Å². The van der Waals surface area contributed by atoms with Crippen LogP contribution >= 0.6 is 0 Å². The molecular weight excluding hydrogens is 298 g/mol. The van der Waals surface area contributed by atoms with Crippen LogP contribution in [0.4, 0.5) is 5.82 Å². The summed E-state index contributed by atoms with van der Waals surface area (Å²) in [5, 5.41) is 7.56. The lowest BCUT2D eigenvalue weighted by Crippen LogP contribution is -2.21. The average molecular weight is 317 g/mol. The van der Waals surface area contributed by atoms with Crippen LogP contribution in [0.25, 0.3) is 5.69 Å². The molecule has 0 bridgehead atoms. The van der Waals surface area contributed by atoms with Crippen molar-refractivity contribution in [3.05, 3.63) is 41.1 Å². The Morgan fingerprint density at radius 3 is 2.73 bits per heavy atom. The summed E-state index contributed by atoms with van der Waals surface area (Å²) in [7, 11) is -0.921. The summed E-state index contributed by atoms with van der Waals surface area (Å²) in [6.45, 7) is 5.71. The number of aromatic nitrogens is 2. The van der Waals surface area contributed by atoms with E-state index in [1.165, 1.54) is 0 Å². The topological polar surface area (TPSA) is 64.0 Å². The zero-order chi connectivity index (χ0) is 15.9. The highest BCUT2D eigenvalue weighted by Gasteiger charge is 2.28. The fourth-order valence-corrected chi connectivity index (χ4v) is 3.76. The highest BCUT2D eigenvalue weighted by atomic mass is 32.2. The summed E-state index contributed by atoms with van der Waals surface area (Å²) in [4.78, 5) is 12.1. The molecule has 2 aromatic rings. The Kier molecular flexibility index (Phi) is 3.87. The van der Waals surface area contributed by atoms with Gasteiger partial charge in [-0.15, -0.1) is 0 Å². The van der Waals surface area contributed by atoms with E-state index >= 15 is 0 Å². The van der Waals surface area contributed by atoms with Crippen LogP contribution in [0, 0.1) is 12.8 Å². The molecule has 6 heteroatoms. The number of nitrogens with zero attached hydrogens (tertiary/aromatic N) is 2. The number of amides is 1. The molecule has 0 fully saturated rings. The second kappa shape index (κ2) is 5.68. The van der Waals surface area contributed by atoms with Crippen LogP contribution in [-0.4, -0.2) is 19.9 Å². The number of hydrogen-bond acceptors (Lipinski definition) is 3. The minimum Gasteiger partial charge on any atom is -0.310 e. The van der Waals surface area contributed by atoms with E-state index in [0.29, 0.717) is 17.3 Å². The van der Waals surface area contributed by atoms with Crippen molar-refractivity contribution >= 4 is 22.5 Å². The molecule has 0 radical (unpaired) electrons. The van der Waals surface area contributed by atoms with Gasteiger partial charge in [0.1, 0.15) is 5.82 Å². The molecule has 22 heavy (non-hydrogen) atoms. The van der Waals surface area contributed by atoms with E-state index in [0.717, 1.165) is 22.5 Å². The second-order valence-corrected chi connectivity index (χ2v) is 7.30. The van der Waals surface area contributed by atoms with Crippen molar-refractivity contribution in [1.82, 2.24) is 9.78 Å². The van der Waals surface area contributed by atoms with E-state index in [2.05, 4.69) is 10.4 Å². The number of carbonyl (C=O) groups is 1. The van der Waals surface area contributed by atoms with E-state index in [1.54, 1.807) is 4.68 Å². The van der Waals surface area contributed by atoms with Gasteiger partial charge in [0.05, 0.1) is 22.9 Å². The molecular formula is C16H19N3O2S. The smallest absolute Gasteiger partial charge is 0.228 e. The summed E-state index contributed by atoms with van der Waals surface area (Å²) in [5.41, 5.74) is 3.72. The van der Waals surface area contributed by atoms with Gasteiger partial charge in [0.25, 0.3) is 0 Å². The monoisotopic (exact) mass is 317 g/mol. The molecule has 0 saturated carbocycles. The predicted octanol–water partition coefficient (Wildman–Crippen LogP) is 2.54. The van der Waals surface area contributed by atoms with E-state index in [-0.39, 0.29) is 11.8 Å². The zero-order valence-corrected chi connectivity index (χ0v) is 13.7. The van der Waals surface area contributed by atoms with Gasteiger partial charge in [-0.2, -0.15) is 5.10 Å². The van der Waals surface area contributed by atoms with Crippen molar-refractivity contribution < 1.29 is 9.00 Å². The first kappa shape index (κ1) is 15.0. The molecule has 1 amide bonds. The molecule has 3 rings (SSSR count). The van der Waals surface area contributed by atoms with Crippen molar-refractivity contribution in [2.75, 3.05) is 5.32 Å². The minimum atomic E-state index is -0.921. The van der Waals surface area contributed by atoms with Gasteiger partial charge in [0.15, 0.2) is 0 Å². The third-order valence-corrected chi connectivity index (χ3v) is 4.99. The normalized spacial score (nSPS) is 16.8. The third kappa shape index (κ3) is 2.59. The number of carbonyl (C=O) groups excluding carboxylic acids is 1. The quantitative estimate of drug-likeness (QED) is 0.946. The van der Waals surface area contributed by atoms with E-state index in [1.807, 2.05) is 45.0 Å². The number of fused-ring (bicyclic) bond motifs is 1. The fraction of sp³-hybridized carbons (Fsp3) is 0.375. The fourth-order valence-electron chi connectivity index (χ4n) is 2.49. The minimum absolute atomic E-state index is 0.0600. The molecule has 1 N–H and O–H groups in total. The molecule has 1 aliphatic rings. The third-order valence-electron chi connectivity index (χ3n) is 3.78. The summed E-state index contributed by atoms with van der Waals surface area (Å²) < 4.78 is 13.6. The Morgan fingerprint density at radius 1 is 1.32 bits per heavy atom. The van der Waals surface area contributed by atoms with Gasteiger partial charge in [-0.3, -0.25) is 9.00 Å². The highest BCUT2D eigenvalue weighted by molar-refractivity contribution is 7.83. The van der Waals surface area contributed by atoms with Gasteiger partial charge in [-0.1, -0.05) is 32.0 Å². The van der Waals surface area contributed by atoms with E-state index in [9.17, 15) is 9.00 Å². The number of rotatable bonds is 3. The molecule has 1 atom stereocenters. The van der Waals surface area contributed by atoms with Crippen LogP contribution in [0.5, 0.6) is 0 Å². The van der Waals surface area contributed by atoms with Crippen molar-refractivity contribution in [2.45, 2.75) is 32.3 Å². The van der Waals surface area contributed by atoms with Gasteiger partial charge < -0.3 is 5.32 Å². The molecule has 2 heterocycles. The summed E-state index contributed by atoms with van der Waals surface area (Å²) in [6.07, 6.45) is 0. The molecule has 1 aromatic heterocycles. The number of anilines is 1. The average Bonchev–Trinajstić information content (AvgIpc) is 2.97. The van der Waals surface area contributed by atoms with Gasteiger partial charge >= 0.3 is 0 Å². The lowest BCUT2D eigenvalue weighted by Gasteiger charge is -2.13. The molecule has 1 aliphatic heterocycles. The maximum Gasteiger partial charge on any atom is 0.228 e. The van der Waals surface area contributed by atoms with Crippen LogP contribution in [0.3, 0.4) is 0 Å². The summed E-state index contributed by atoms with van der Waals surface area (Å²) in [5.74, 6) is 1.39. The number of para-hydroxylation sites is 1. The van der Waals surface area contributed by atoms with Crippen LogP contribution in [0.2, 0.25) is 0 Å². The van der Waals surface area contributed by atoms with Crippen LogP contribution < -0.4 is 5.32 Å². The number of benzene rings is 1. The Bertz CT molecular complexity index is 765. The van der Waals surface area contributed by atoms with Crippen molar-refractivity contribution in [3.63, 3.8) is 0 Å². The van der Waals surface area contributed by atoms with Gasteiger partial charge in [-0.25, -0.2) is 4.68 Å². The molecule has 1 aromatic carbocycles. The maximum absolute atomic E-state index is 12.1. The molecule has 0 spiro atoms. The number of hydrogen-bond donors (Lipinski definition) is 1. The second-order valence-electron chi connectivity index (χ2n) is 5.84. The van der Waals surface area contributed by atoms with Crippen LogP contribution in [0.1, 0.15) is 30.7 Å². The lowest BCUT2D eigenvalue weighted by atomic mass is 10.2. The molecule has 0 unspecified atom stereocenters. The first-order valence-electron chi connectivity index (χ1n) is 7.30. The van der Waals surface area contributed by atoms with Crippen molar-refractivity contribution in [3.8, 4) is 5.69 Å². The summed E-state index contributed by atoms with van der Waals surface area (Å²) in [6, 6.07) is 7.90. The van der Waals surface area contributed by atoms with Crippen molar-refractivity contribution in [2.24, 2.45) is 5.92 Å². The SMILES string of the molecule is Cc1ccccc1-n1nc2c(c1NC(=O)C(C)C)C[S@](=O)C2. The lowest BCUT2D eigenvalue weighted by molar-refractivity contribution is -0.118. The van der Waals surface area contributed by atoms with Crippen LogP contribution in [0.15, 0.2) is 24.3 Å².